The van der Waals surface area contributed by atoms with Crippen LogP contribution in [-0.2, 0) is 11.3 Å². The fourth-order valence-corrected chi connectivity index (χ4v) is 3.80. The number of hydrogen-bond donors (Lipinski definition) is 0. The van der Waals surface area contributed by atoms with Crippen molar-refractivity contribution in [2.24, 2.45) is 0 Å². The van der Waals surface area contributed by atoms with Crippen LogP contribution in [0, 0.1) is 0 Å². The zero-order chi connectivity index (χ0) is 18.5. The van der Waals surface area contributed by atoms with Crippen LogP contribution in [0.4, 0.5) is 4.79 Å². The van der Waals surface area contributed by atoms with Crippen molar-refractivity contribution in [2.75, 3.05) is 52.4 Å². The molecule has 7 heteroatoms. The lowest BCUT2D eigenvalue weighted by Gasteiger charge is -2.35. The number of piperazine rings is 1. The molecule has 2 saturated heterocycles. The summed E-state index contributed by atoms with van der Waals surface area (Å²) in [4.78, 5) is 32.8. The van der Waals surface area contributed by atoms with Crippen LogP contribution in [0.5, 0.6) is 0 Å². The third-order valence-corrected chi connectivity index (χ3v) is 5.27. The fraction of sp³-hybridized carbons (Fsp3) is 0.579. The van der Waals surface area contributed by atoms with E-state index in [4.69, 9.17) is 11.6 Å². The van der Waals surface area contributed by atoms with Gasteiger partial charge in [0.15, 0.2) is 0 Å². The normalized spacial score (nSPS) is 18.7. The highest BCUT2D eigenvalue weighted by Gasteiger charge is 2.31. The summed E-state index contributed by atoms with van der Waals surface area (Å²) in [5.41, 5.74) is 1.01. The van der Waals surface area contributed by atoms with Crippen molar-refractivity contribution >= 4 is 23.5 Å². The molecule has 0 spiro atoms. The average molecular weight is 379 g/mol. The van der Waals surface area contributed by atoms with Crippen molar-refractivity contribution in [3.8, 4) is 0 Å². The predicted molar refractivity (Wildman–Crippen MR) is 102 cm³/mol. The number of hydrogen-bond acceptors (Lipinski definition) is 3. The third kappa shape index (κ3) is 4.68. The second-order valence-corrected chi connectivity index (χ2v) is 7.41. The van der Waals surface area contributed by atoms with Crippen LogP contribution in [0.25, 0.3) is 0 Å². The fourth-order valence-electron chi connectivity index (χ4n) is 3.58. The van der Waals surface area contributed by atoms with Gasteiger partial charge in [0, 0.05) is 50.8 Å². The number of carbonyl (C=O) groups is 2. The Morgan fingerprint density at radius 3 is 2.50 bits per heavy atom. The molecule has 3 rings (SSSR count). The van der Waals surface area contributed by atoms with Gasteiger partial charge in [-0.25, -0.2) is 4.79 Å². The summed E-state index contributed by atoms with van der Waals surface area (Å²) in [6.07, 6.45) is 1.14. The zero-order valence-corrected chi connectivity index (χ0v) is 16.1. The summed E-state index contributed by atoms with van der Waals surface area (Å²) >= 11 is 6.01. The van der Waals surface area contributed by atoms with Gasteiger partial charge in [-0.2, -0.15) is 0 Å². The van der Waals surface area contributed by atoms with Crippen molar-refractivity contribution in [2.45, 2.75) is 19.9 Å². The first-order valence-corrected chi connectivity index (χ1v) is 9.73. The van der Waals surface area contributed by atoms with Gasteiger partial charge in [0.2, 0.25) is 5.91 Å². The van der Waals surface area contributed by atoms with Crippen LogP contribution in [0.3, 0.4) is 0 Å². The Morgan fingerprint density at radius 1 is 1.08 bits per heavy atom. The topological polar surface area (TPSA) is 47.1 Å². The van der Waals surface area contributed by atoms with Crippen molar-refractivity contribution < 1.29 is 9.59 Å². The maximum atomic E-state index is 12.6. The lowest BCUT2D eigenvalue weighted by molar-refractivity contribution is -0.133. The van der Waals surface area contributed by atoms with Gasteiger partial charge in [-0.3, -0.25) is 9.69 Å². The van der Waals surface area contributed by atoms with E-state index in [9.17, 15) is 9.59 Å². The Balaban J connectivity index is 1.48. The zero-order valence-electron chi connectivity index (χ0n) is 15.4. The molecule has 2 aliphatic rings. The van der Waals surface area contributed by atoms with Crippen molar-refractivity contribution in [3.05, 3.63) is 34.9 Å². The number of benzene rings is 1. The molecule has 2 aliphatic heterocycles. The molecule has 0 bridgehead atoms. The molecule has 0 aliphatic carbocycles. The predicted octanol–water partition coefficient (Wildman–Crippen LogP) is 2.13. The van der Waals surface area contributed by atoms with Gasteiger partial charge >= 0.3 is 6.03 Å². The number of carbonyl (C=O) groups excluding carboxylic acids is 2. The number of halogens is 1. The molecule has 2 fully saturated rings. The van der Waals surface area contributed by atoms with Crippen LogP contribution < -0.4 is 0 Å². The SMILES string of the molecule is CCCN1CCN(C(=O)CN2CCN(Cc3cccc(Cl)c3)C2=O)CC1. The van der Waals surface area contributed by atoms with Gasteiger partial charge in [0.25, 0.3) is 0 Å². The van der Waals surface area contributed by atoms with Crippen molar-refractivity contribution in [1.82, 2.24) is 19.6 Å². The summed E-state index contributed by atoms with van der Waals surface area (Å²) in [6.45, 7) is 8.57. The molecule has 142 valence electrons. The second-order valence-electron chi connectivity index (χ2n) is 6.98. The first kappa shape index (κ1) is 19.0. The first-order valence-electron chi connectivity index (χ1n) is 9.35. The number of rotatable bonds is 6. The molecule has 0 unspecified atom stereocenters. The monoisotopic (exact) mass is 378 g/mol. The van der Waals surface area contributed by atoms with E-state index in [1.54, 1.807) is 9.80 Å². The third-order valence-electron chi connectivity index (χ3n) is 5.03. The molecule has 0 aromatic heterocycles. The van der Waals surface area contributed by atoms with Crippen LogP contribution >= 0.6 is 11.6 Å². The number of nitrogens with zero attached hydrogens (tertiary/aromatic N) is 4. The summed E-state index contributed by atoms with van der Waals surface area (Å²) in [7, 11) is 0. The van der Waals surface area contributed by atoms with E-state index in [1.807, 2.05) is 29.2 Å². The standard InChI is InChI=1S/C19H27ClN4O2/c1-2-6-21-7-9-22(10-8-21)18(25)15-24-12-11-23(19(24)26)14-16-4-3-5-17(20)13-16/h3-5,13H,2,6-12,14-15H2,1H3. The highest BCUT2D eigenvalue weighted by atomic mass is 35.5. The Morgan fingerprint density at radius 2 is 1.81 bits per heavy atom. The van der Waals surface area contributed by atoms with Gasteiger partial charge in [-0.1, -0.05) is 30.7 Å². The van der Waals surface area contributed by atoms with E-state index in [-0.39, 0.29) is 18.5 Å². The van der Waals surface area contributed by atoms with E-state index in [1.165, 1.54) is 0 Å². The van der Waals surface area contributed by atoms with Crippen molar-refractivity contribution in [1.29, 1.82) is 0 Å². The lowest BCUT2D eigenvalue weighted by Crippen LogP contribution is -2.51. The van der Waals surface area contributed by atoms with Crippen LogP contribution in [0.2, 0.25) is 5.02 Å². The second kappa shape index (κ2) is 8.73. The van der Waals surface area contributed by atoms with Crippen LogP contribution in [-0.4, -0.2) is 83.9 Å². The van der Waals surface area contributed by atoms with Gasteiger partial charge in [-0.05, 0) is 30.7 Å². The van der Waals surface area contributed by atoms with Gasteiger partial charge in [-0.15, -0.1) is 0 Å². The quantitative estimate of drug-likeness (QED) is 0.761. The average Bonchev–Trinajstić information content (AvgIpc) is 2.96. The van der Waals surface area contributed by atoms with E-state index >= 15 is 0 Å². The molecule has 6 nitrogen and oxygen atoms in total. The molecule has 0 saturated carbocycles. The molecule has 26 heavy (non-hydrogen) atoms. The summed E-state index contributed by atoms with van der Waals surface area (Å²) < 4.78 is 0. The minimum Gasteiger partial charge on any atom is -0.339 e. The first-order chi connectivity index (χ1) is 12.6. The molecule has 1 aromatic carbocycles. The molecule has 0 atom stereocenters. The molecule has 0 radical (unpaired) electrons. The molecule has 3 amide bonds. The molecule has 0 N–H and O–H groups in total. The van der Waals surface area contributed by atoms with Crippen molar-refractivity contribution in [3.63, 3.8) is 0 Å². The van der Waals surface area contributed by atoms with Crippen LogP contribution in [0.15, 0.2) is 24.3 Å². The highest BCUT2D eigenvalue weighted by Crippen LogP contribution is 2.17. The number of amides is 3. The van der Waals surface area contributed by atoms with Crippen LogP contribution in [0.1, 0.15) is 18.9 Å². The summed E-state index contributed by atoms with van der Waals surface area (Å²) in [5, 5.41) is 0.670. The molecular formula is C19H27ClN4O2. The maximum absolute atomic E-state index is 12.6. The van der Waals surface area contributed by atoms with Gasteiger partial charge < -0.3 is 14.7 Å². The maximum Gasteiger partial charge on any atom is 0.320 e. The molecule has 2 heterocycles. The van der Waals surface area contributed by atoms with E-state index in [0.717, 1.165) is 44.7 Å². The minimum atomic E-state index is -0.0667. The minimum absolute atomic E-state index is 0.0547. The summed E-state index contributed by atoms with van der Waals surface area (Å²) in [5.74, 6) is 0.0547. The summed E-state index contributed by atoms with van der Waals surface area (Å²) in [6, 6.07) is 7.48. The smallest absolute Gasteiger partial charge is 0.320 e. The van der Waals surface area contributed by atoms with E-state index in [0.29, 0.717) is 24.7 Å². The highest BCUT2D eigenvalue weighted by molar-refractivity contribution is 6.30. The Labute approximate surface area is 160 Å². The number of urea groups is 1. The molecular weight excluding hydrogens is 352 g/mol. The Bertz CT molecular complexity index is 646. The van der Waals surface area contributed by atoms with E-state index in [2.05, 4.69) is 11.8 Å². The Hall–Kier alpha value is -1.79. The van der Waals surface area contributed by atoms with Gasteiger partial charge in [0.05, 0.1) is 0 Å². The Kier molecular flexibility index (Phi) is 6.38. The van der Waals surface area contributed by atoms with Gasteiger partial charge in [0.1, 0.15) is 6.54 Å². The lowest BCUT2D eigenvalue weighted by atomic mass is 10.2. The molecule has 1 aromatic rings. The largest absolute Gasteiger partial charge is 0.339 e. The van der Waals surface area contributed by atoms with E-state index < -0.39 is 0 Å².